The summed E-state index contributed by atoms with van der Waals surface area (Å²) in [6.45, 7) is 17.7. The first kappa shape index (κ1) is 22.1. The Kier molecular flexibility index (Phi) is 7.45. The largest absolute Gasteiger partial charge is 0.346 e. The Morgan fingerprint density at radius 2 is 1.26 bits per heavy atom. The smallest absolute Gasteiger partial charge is 0.188 e. The maximum Gasteiger partial charge on any atom is 0.188 e. The van der Waals surface area contributed by atoms with E-state index in [-0.39, 0.29) is 19.7 Å². The molecular weight excluding hydrogens is 385 g/mol. The molecule has 1 fully saturated rings. The molecule has 1 unspecified atom stereocenters. The first-order chi connectivity index (χ1) is 10.3. The SMILES string of the molecule is CN1[SiH2]N[SiH2]N[SiH](C)N(C)[Si](C)(C)N(C)[Si](C)(C)N(C)[Si]1(C)C. The molecule has 2 N–H and O–H groups in total. The van der Waals surface area contributed by atoms with Crippen LogP contribution in [0.2, 0.25) is 45.8 Å². The molecule has 0 radical (unpaired) electrons. The van der Waals surface area contributed by atoms with Crippen LogP contribution < -0.4 is 9.30 Å². The van der Waals surface area contributed by atoms with Crippen molar-refractivity contribution in [1.29, 1.82) is 0 Å². The topological polar surface area (TPSA) is 37.0 Å². The predicted molar refractivity (Wildman–Crippen MR) is 120 cm³/mol. The zero-order valence-corrected chi connectivity index (χ0v) is 24.3. The summed E-state index contributed by atoms with van der Waals surface area (Å²) >= 11 is 0. The van der Waals surface area contributed by atoms with E-state index in [0.29, 0.717) is 0 Å². The molecule has 1 heterocycles. The minimum atomic E-state index is -1.65. The molecule has 1 aliphatic heterocycles. The summed E-state index contributed by atoms with van der Waals surface area (Å²) in [6.07, 6.45) is 0. The highest BCUT2D eigenvalue weighted by Gasteiger charge is 2.49. The molecule has 0 aliphatic carbocycles. The van der Waals surface area contributed by atoms with Crippen LogP contribution in [0.3, 0.4) is 0 Å². The highest BCUT2D eigenvalue weighted by atomic mass is 28.5. The van der Waals surface area contributed by atoms with E-state index in [1.807, 2.05) is 0 Å². The first-order valence-corrected chi connectivity index (χ1v) is 22.3. The van der Waals surface area contributed by atoms with Crippen molar-refractivity contribution >= 4 is 54.0 Å². The molecule has 6 nitrogen and oxygen atoms in total. The molecule has 0 aromatic heterocycles. The second-order valence-corrected chi connectivity index (χ2v) is 30.9. The highest BCUT2D eigenvalue weighted by Crippen LogP contribution is 2.27. The van der Waals surface area contributed by atoms with E-state index in [1.165, 1.54) is 0 Å². The second-order valence-electron chi connectivity index (χ2n) is 8.38. The van der Waals surface area contributed by atoms with Gasteiger partial charge < -0.3 is 26.2 Å². The molecular formula is C11H40N6Si6. The van der Waals surface area contributed by atoms with Crippen LogP contribution in [-0.4, -0.2) is 99.1 Å². The van der Waals surface area contributed by atoms with Gasteiger partial charge in [0.05, 0.1) is 0 Å². The molecule has 23 heavy (non-hydrogen) atoms. The average Bonchev–Trinajstić information content (AvgIpc) is 2.47. The van der Waals surface area contributed by atoms with Gasteiger partial charge in [0.1, 0.15) is 0 Å². The van der Waals surface area contributed by atoms with Crippen LogP contribution in [0.4, 0.5) is 0 Å². The van der Waals surface area contributed by atoms with Crippen LogP contribution in [-0.2, 0) is 0 Å². The number of nitrogens with one attached hydrogen (secondary N) is 2. The molecule has 138 valence electrons. The number of nitrogens with zero attached hydrogens (tertiary/aromatic N) is 4. The normalized spacial score (nSPS) is 34.3. The van der Waals surface area contributed by atoms with Crippen molar-refractivity contribution < 1.29 is 0 Å². The molecule has 1 saturated heterocycles. The Bertz CT molecular complexity index is 408. The fourth-order valence-electron chi connectivity index (χ4n) is 3.30. The van der Waals surface area contributed by atoms with E-state index in [0.717, 1.165) is 0 Å². The Hall–Kier alpha value is 1.06. The Morgan fingerprint density at radius 1 is 0.783 bits per heavy atom. The first-order valence-electron chi connectivity index (χ1n) is 8.63. The minimum Gasteiger partial charge on any atom is -0.346 e. The predicted octanol–water partition coefficient (Wildman–Crippen LogP) is -1.14. The van der Waals surface area contributed by atoms with Crippen LogP contribution in [0.5, 0.6) is 0 Å². The van der Waals surface area contributed by atoms with Crippen LogP contribution in [0.15, 0.2) is 0 Å². The van der Waals surface area contributed by atoms with Gasteiger partial charge in [-0.1, -0.05) is 0 Å². The monoisotopic (exact) mass is 424 g/mol. The van der Waals surface area contributed by atoms with Gasteiger partial charge in [0, 0.05) is 0 Å². The number of rotatable bonds is 0. The van der Waals surface area contributed by atoms with Crippen molar-refractivity contribution in [3.8, 4) is 0 Å². The van der Waals surface area contributed by atoms with Gasteiger partial charge in [-0.25, -0.2) is 0 Å². The molecule has 1 rings (SSSR count). The van der Waals surface area contributed by atoms with Crippen LogP contribution in [0.25, 0.3) is 0 Å². The van der Waals surface area contributed by atoms with Crippen LogP contribution >= 0.6 is 0 Å². The highest BCUT2D eigenvalue weighted by molar-refractivity contribution is 6.97. The van der Waals surface area contributed by atoms with Gasteiger partial charge in [-0.05, 0) is 74.0 Å². The maximum absolute atomic E-state index is 3.94. The lowest BCUT2D eigenvalue weighted by Crippen LogP contribution is -2.80. The summed E-state index contributed by atoms with van der Waals surface area (Å²) in [4.78, 5) is 0. The summed E-state index contributed by atoms with van der Waals surface area (Å²) in [7, 11) is 3.07. The second kappa shape index (κ2) is 7.75. The minimum absolute atomic E-state index is 0.324. The fraction of sp³-hybridized carbons (Fsp3) is 1.00. The summed E-state index contributed by atoms with van der Waals surface area (Å²) in [5.74, 6) is 0. The third kappa shape index (κ3) is 4.43. The zero-order valence-electron chi connectivity index (χ0n) is 17.3. The molecule has 12 heteroatoms. The number of hydrogen-bond acceptors (Lipinski definition) is 6. The van der Waals surface area contributed by atoms with E-state index in [1.54, 1.807) is 0 Å². The summed E-state index contributed by atoms with van der Waals surface area (Å²) in [6, 6.07) is 0. The average molecular weight is 425 g/mol. The molecule has 0 spiro atoms. The molecule has 0 aromatic rings. The van der Waals surface area contributed by atoms with Gasteiger partial charge in [-0.2, -0.15) is 0 Å². The van der Waals surface area contributed by atoms with E-state index in [2.05, 4.69) is 100 Å². The maximum atomic E-state index is 3.94. The molecule has 0 aromatic carbocycles. The van der Waals surface area contributed by atoms with Crippen LogP contribution in [0.1, 0.15) is 0 Å². The van der Waals surface area contributed by atoms with Crippen molar-refractivity contribution in [1.82, 2.24) is 26.2 Å². The Labute approximate surface area is 154 Å². The fourth-order valence-corrected chi connectivity index (χ4v) is 32.7. The molecule has 0 saturated carbocycles. The van der Waals surface area contributed by atoms with Gasteiger partial charge in [-0.3, -0.25) is 0 Å². The summed E-state index contributed by atoms with van der Waals surface area (Å²) in [5, 5.41) is 0. The van der Waals surface area contributed by atoms with E-state index >= 15 is 0 Å². The lowest BCUT2D eigenvalue weighted by Gasteiger charge is -2.57. The van der Waals surface area contributed by atoms with Gasteiger partial charge >= 0.3 is 0 Å². The molecule has 1 atom stereocenters. The van der Waals surface area contributed by atoms with Gasteiger partial charge in [0.25, 0.3) is 0 Å². The van der Waals surface area contributed by atoms with Gasteiger partial charge in [-0.15, -0.1) is 0 Å². The van der Waals surface area contributed by atoms with E-state index < -0.39 is 34.3 Å². The third-order valence-corrected chi connectivity index (χ3v) is 35.8. The van der Waals surface area contributed by atoms with E-state index in [9.17, 15) is 0 Å². The molecule has 0 bridgehead atoms. The van der Waals surface area contributed by atoms with Crippen molar-refractivity contribution in [3.63, 3.8) is 0 Å². The van der Waals surface area contributed by atoms with Crippen LogP contribution in [0, 0.1) is 0 Å². The Balaban J connectivity index is 3.27. The van der Waals surface area contributed by atoms with Gasteiger partial charge in [0.2, 0.25) is 0 Å². The van der Waals surface area contributed by atoms with Crippen molar-refractivity contribution in [2.24, 2.45) is 0 Å². The van der Waals surface area contributed by atoms with Gasteiger partial charge in [0.15, 0.2) is 54.0 Å². The van der Waals surface area contributed by atoms with Crippen molar-refractivity contribution in [2.75, 3.05) is 28.2 Å². The van der Waals surface area contributed by atoms with E-state index in [4.69, 9.17) is 0 Å². The number of hydrogen-bond donors (Lipinski definition) is 2. The molecule has 0 amide bonds. The zero-order chi connectivity index (χ0) is 18.2. The lowest BCUT2D eigenvalue weighted by atomic mass is 11.5. The standard InChI is InChI=1S/C11H40N6Si6/c1-14-19-12-18-13-20(5)15(2)22(8,9)17(4)23(10,11)16(3)21(14,6)7/h12-13,20H,18-19H2,1-11H3. The van der Waals surface area contributed by atoms with Crippen molar-refractivity contribution in [2.45, 2.75) is 45.8 Å². The molecule has 1 aliphatic rings. The Morgan fingerprint density at radius 3 is 1.78 bits per heavy atom. The van der Waals surface area contributed by atoms with Crippen molar-refractivity contribution in [3.05, 3.63) is 0 Å². The quantitative estimate of drug-likeness (QED) is 0.479. The summed E-state index contributed by atoms with van der Waals surface area (Å²) < 4.78 is 19.0. The lowest BCUT2D eigenvalue weighted by molar-refractivity contribution is 0.542. The summed E-state index contributed by atoms with van der Waals surface area (Å²) in [5.41, 5.74) is 0. The third-order valence-electron chi connectivity index (χ3n) is 6.53.